The van der Waals surface area contributed by atoms with E-state index in [0.29, 0.717) is 0 Å². The van der Waals surface area contributed by atoms with Gasteiger partial charge in [-0.1, -0.05) is 51.8 Å². The maximum absolute atomic E-state index is 3.62. The summed E-state index contributed by atoms with van der Waals surface area (Å²) >= 11 is 3.62. The Morgan fingerprint density at radius 1 is 1.15 bits per heavy atom. The molecule has 0 unspecified atom stereocenters. The van der Waals surface area contributed by atoms with Crippen molar-refractivity contribution in [3.63, 3.8) is 0 Å². The fourth-order valence-electron chi connectivity index (χ4n) is 2.60. The van der Waals surface area contributed by atoms with Crippen molar-refractivity contribution in [2.75, 3.05) is 32.0 Å². The van der Waals surface area contributed by atoms with E-state index in [4.69, 9.17) is 0 Å². The van der Waals surface area contributed by atoms with E-state index in [1.165, 1.54) is 22.0 Å². The molecule has 1 aliphatic heterocycles. The molecule has 20 heavy (non-hydrogen) atoms. The van der Waals surface area contributed by atoms with Crippen LogP contribution >= 0.6 is 15.9 Å². The summed E-state index contributed by atoms with van der Waals surface area (Å²) in [5.41, 5.74) is 2.72. The Bertz CT molecular complexity index is 648. The predicted octanol–water partition coefficient (Wildman–Crippen LogP) is 4.28. The number of rotatable bonds is 3. The average molecular weight is 331 g/mol. The van der Waals surface area contributed by atoms with Crippen LogP contribution in [-0.4, -0.2) is 31.6 Å². The minimum absolute atomic E-state index is 0.944. The van der Waals surface area contributed by atoms with E-state index in [2.05, 4.69) is 75.7 Å². The average Bonchev–Trinajstić information content (AvgIpc) is 2.49. The Kier molecular flexibility index (Phi) is 4.08. The number of halogens is 1. The second-order valence-electron chi connectivity index (χ2n) is 5.37. The van der Waals surface area contributed by atoms with E-state index in [1.807, 2.05) is 0 Å². The SMILES string of the molecule is CN1CC=C(CNc2ccc(Br)c3ccccc23)CC1. The van der Waals surface area contributed by atoms with Crippen LogP contribution in [0, 0.1) is 0 Å². The number of anilines is 1. The van der Waals surface area contributed by atoms with E-state index in [9.17, 15) is 0 Å². The molecular weight excluding hydrogens is 312 g/mol. The molecule has 1 N–H and O–H groups in total. The fourth-order valence-corrected chi connectivity index (χ4v) is 3.08. The van der Waals surface area contributed by atoms with Crippen LogP contribution in [0.15, 0.2) is 52.5 Å². The number of fused-ring (bicyclic) bond motifs is 1. The highest BCUT2D eigenvalue weighted by atomic mass is 79.9. The minimum atomic E-state index is 0.944. The first-order valence-electron chi connectivity index (χ1n) is 7.01. The van der Waals surface area contributed by atoms with Gasteiger partial charge >= 0.3 is 0 Å². The van der Waals surface area contributed by atoms with Crippen molar-refractivity contribution in [1.82, 2.24) is 4.90 Å². The summed E-state index contributed by atoms with van der Waals surface area (Å²) in [6.45, 7) is 3.17. The maximum Gasteiger partial charge on any atom is 0.0423 e. The zero-order valence-corrected chi connectivity index (χ0v) is 13.3. The Hall–Kier alpha value is -1.32. The molecule has 1 aliphatic rings. The van der Waals surface area contributed by atoms with E-state index >= 15 is 0 Å². The molecule has 0 aromatic heterocycles. The van der Waals surface area contributed by atoms with E-state index in [-0.39, 0.29) is 0 Å². The fraction of sp³-hybridized carbons (Fsp3) is 0.294. The largest absolute Gasteiger partial charge is 0.381 e. The molecule has 0 spiro atoms. The molecule has 0 fully saturated rings. The third kappa shape index (κ3) is 2.89. The molecule has 0 saturated heterocycles. The standard InChI is InChI=1S/C17H19BrN2/c1-20-10-8-13(9-11-20)12-19-17-7-6-16(18)14-4-2-3-5-15(14)17/h2-8,19H,9-12H2,1H3. The topological polar surface area (TPSA) is 15.3 Å². The number of nitrogens with one attached hydrogen (secondary N) is 1. The first-order valence-corrected chi connectivity index (χ1v) is 7.81. The number of benzene rings is 2. The van der Waals surface area contributed by atoms with Gasteiger partial charge in [0.2, 0.25) is 0 Å². The number of nitrogens with zero attached hydrogens (tertiary/aromatic N) is 1. The monoisotopic (exact) mass is 330 g/mol. The maximum atomic E-state index is 3.62. The molecule has 0 amide bonds. The Balaban J connectivity index is 1.80. The van der Waals surface area contributed by atoms with Crippen molar-refractivity contribution >= 4 is 32.4 Å². The summed E-state index contributed by atoms with van der Waals surface area (Å²) in [5.74, 6) is 0. The Labute approximate surface area is 128 Å². The smallest absolute Gasteiger partial charge is 0.0423 e. The van der Waals surface area contributed by atoms with Gasteiger partial charge in [-0.15, -0.1) is 0 Å². The van der Waals surface area contributed by atoms with Gasteiger partial charge in [0.25, 0.3) is 0 Å². The lowest BCUT2D eigenvalue weighted by Crippen LogP contribution is -2.25. The summed E-state index contributed by atoms with van der Waals surface area (Å²) in [6, 6.07) is 12.8. The minimum Gasteiger partial charge on any atom is -0.381 e. The van der Waals surface area contributed by atoms with Crippen LogP contribution < -0.4 is 5.32 Å². The second kappa shape index (κ2) is 5.98. The highest BCUT2D eigenvalue weighted by Gasteiger charge is 2.08. The second-order valence-corrected chi connectivity index (χ2v) is 6.22. The summed E-state index contributed by atoms with van der Waals surface area (Å²) in [4.78, 5) is 2.35. The van der Waals surface area contributed by atoms with Crippen LogP contribution in [0.4, 0.5) is 5.69 Å². The normalized spacial score (nSPS) is 16.2. The summed E-state index contributed by atoms with van der Waals surface area (Å²) in [7, 11) is 2.17. The molecular formula is C17H19BrN2. The van der Waals surface area contributed by atoms with Crippen molar-refractivity contribution in [2.45, 2.75) is 6.42 Å². The highest BCUT2D eigenvalue weighted by molar-refractivity contribution is 9.10. The van der Waals surface area contributed by atoms with Crippen LogP contribution in [0.2, 0.25) is 0 Å². The van der Waals surface area contributed by atoms with Crippen LogP contribution in [-0.2, 0) is 0 Å². The molecule has 3 heteroatoms. The Morgan fingerprint density at radius 2 is 1.95 bits per heavy atom. The Morgan fingerprint density at radius 3 is 2.70 bits per heavy atom. The molecule has 1 heterocycles. The van der Waals surface area contributed by atoms with E-state index in [0.717, 1.165) is 30.5 Å². The zero-order chi connectivity index (χ0) is 13.9. The zero-order valence-electron chi connectivity index (χ0n) is 11.7. The molecule has 0 radical (unpaired) electrons. The van der Waals surface area contributed by atoms with Crippen LogP contribution in [0.3, 0.4) is 0 Å². The van der Waals surface area contributed by atoms with Gasteiger partial charge in [0.1, 0.15) is 0 Å². The molecule has 104 valence electrons. The van der Waals surface area contributed by atoms with Crippen molar-refractivity contribution in [2.24, 2.45) is 0 Å². The van der Waals surface area contributed by atoms with E-state index < -0.39 is 0 Å². The third-order valence-electron chi connectivity index (χ3n) is 3.88. The van der Waals surface area contributed by atoms with Gasteiger partial charge < -0.3 is 10.2 Å². The summed E-state index contributed by atoms with van der Waals surface area (Å²) in [5, 5.41) is 6.12. The highest BCUT2D eigenvalue weighted by Crippen LogP contribution is 2.30. The number of hydrogen-bond donors (Lipinski definition) is 1. The molecule has 2 aromatic rings. The van der Waals surface area contributed by atoms with Gasteiger partial charge in [-0.25, -0.2) is 0 Å². The molecule has 2 nitrogen and oxygen atoms in total. The van der Waals surface area contributed by atoms with Gasteiger partial charge in [0, 0.05) is 35.2 Å². The lowest BCUT2D eigenvalue weighted by molar-refractivity contribution is 0.358. The van der Waals surface area contributed by atoms with Gasteiger partial charge in [-0.05, 0) is 31.0 Å². The van der Waals surface area contributed by atoms with Crippen molar-refractivity contribution in [1.29, 1.82) is 0 Å². The molecule has 2 aromatic carbocycles. The van der Waals surface area contributed by atoms with Gasteiger partial charge in [0.05, 0.1) is 0 Å². The van der Waals surface area contributed by atoms with Crippen LogP contribution in [0.5, 0.6) is 0 Å². The van der Waals surface area contributed by atoms with E-state index in [1.54, 1.807) is 0 Å². The number of hydrogen-bond acceptors (Lipinski definition) is 2. The molecule has 0 bridgehead atoms. The van der Waals surface area contributed by atoms with Crippen molar-refractivity contribution in [3.8, 4) is 0 Å². The predicted molar refractivity (Wildman–Crippen MR) is 90.3 cm³/mol. The third-order valence-corrected chi connectivity index (χ3v) is 4.57. The van der Waals surface area contributed by atoms with Crippen molar-refractivity contribution < 1.29 is 0 Å². The van der Waals surface area contributed by atoms with Crippen molar-refractivity contribution in [3.05, 3.63) is 52.5 Å². The van der Waals surface area contributed by atoms with Gasteiger partial charge in [-0.3, -0.25) is 0 Å². The van der Waals surface area contributed by atoms with Crippen LogP contribution in [0.1, 0.15) is 6.42 Å². The quantitative estimate of drug-likeness (QED) is 0.845. The molecule has 0 aliphatic carbocycles. The number of likely N-dealkylation sites (N-methyl/N-ethyl adjacent to an activating group) is 1. The first-order chi connectivity index (χ1) is 9.74. The van der Waals surface area contributed by atoms with Gasteiger partial charge in [0.15, 0.2) is 0 Å². The van der Waals surface area contributed by atoms with Crippen LogP contribution in [0.25, 0.3) is 10.8 Å². The summed E-state index contributed by atoms with van der Waals surface area (Å²) < 4.78 is 1.15. The first kappa shape index (κ1) is 13.7. The molecule has 0 saturated carbocycles. The summed E-state index contributed by atoms with van der Waals surface area (Å²) in [6.07, 6.45) is 3.51. The lowest BCUT2D eigenvalue weighted by Gasteiger charge is -2.22. The molecule has 0 atom stereocenters. The lowest BCUT2D eigenvalue weighted by atomic mass is 10.1. The van der Waals surface area contributed by atoms with Gasteiger partial charge in [-0.2, -0.15) is 0 Å². The molecule has 3 rings (SSSR count).